The van der Waals surface area contributed by atoms with Gasteiger partial charge in [-0.15, -0.1) is 21.5 Å². The zero-order chi connectivity index (χ0) is 23.9. The van der Waals surface area contributed by atoms with E-state index in [2.05, 4.69) is 26.6 Å². The fourth-order valence-electron chi connectivity index (χ4n) is 5.04. The van der Waals surface area contributed by atoms with Crippen molar-refractivity contribution in [3.8, 4) is 11.6 Å². The molecule has 0 spiro atoms. The first-order valence-corrected chi connectivity index (χ1v) is 13.6. The van der Waals surface area contributed by atoms with E-state index in [9.17, 15) is 9.59 Å². The number of carbonyl (C=O) groups excluding carboxylic acids is 2. The molecule has 0 bridgehead atoms. The number of pyridine rings is 1. The molecule has 8 heteroatoms. The Morgan fingerprint density at radius 1 is 1.11 bits per heavy atom. The van der Waals surface area contributed by atoms with Gasteiger partial charge in [0.1, 0.15) is 10.7 Å². The van der Waals surface area contributed by atoms with E-state index in [0.29, 0.717) is 29.8 Å². The Bertz CT molecular complexity index is 1250. The van der Waals surface area contributed by atoms with Crippen LogP contribution < -0.4 is 5.32 Å². The fourth-order valence-corrected chi connectivity index (χ4v) is 6.31. The molecule has 0 saturated heterocycles. The maximum Gasteiger partial charge on any atom is 0.266 e. The predicted octanol–water partition coefficient (Wildman–Crippen LogP) is 5.57. The van der Waals surface area contributed by atoms with Crippen molar-refractivity contribution in [1.82, 2.24) is 15.2 Å². The van der Waals surface area contributed by atoms with E-state index in [1.807, 2.05) is 12.3 Å². The Morgan fingerprint density at radius 3 is 2.66 bits per heavy atom. The molecule has 3 heterocycles. The number of rotatable bonds is 9. The number of amides is 1. The summed E-state index contributed by atoms with van der Waals surface area (Å²) >= 11 is 1.64. The molecule has 6 rings (SSSR count). The molecule has 1 N–H and O–H groups in total. The van der Waals surface area contributed by atoms with Gasteiger partial charge in [0, 0.05) is 30.3 Å². The Morgan fingerprint density at radius 2 is 1.97 bits per heavy atom. The highest BCUT2D eigenvalue weighted by Gasteiger charge is 2.34. The van der Waals surface area contributed by atoms with Gasteiger partial charge in [-0.2, -0.15) is 0 Å². The maximum absolute atomic E-state index is 13.4. The first-order chi connectivity index (χ1) is 17.0. The van der Waals surface area contributed by atoms with Crippen LogP contribution in [-0.2, 0) is 24.1 Å². The number of hydrogen-bond donors (Lipinski definition) is 1. The van der Waals surface area contributed by atoms with Crippen molar-refractivity contribution in [2.24, 2.45) is 17.8 Å². The molecule has 3 aromatic rings. The molecule has 0 aliphatic heterocycles. The molecule has 0 radical (unpaired) electrons. The summed E-state index contributed by atoms with van der Waals surface area (Å²) in [6, 6.07) is 4.01. The van der Waals surface area contributed by atoms with Crippen LogP contribution in [0.15, 0.2) is 22.7 Å². The Kier molecular flexibility index (Phi) is 6.00. The number of ketones is 1. The fraction of sp³-hybridized carbons (Fsp3) is 0.519. The largest absolute Gasteiger partial charge is 0.420 e. The first kappa shape index (κ1) is 22.6. The number of hydrogen-bond acceptors (Lipinski definition) is 7. The van der Waals surface area contributed by atoms with Gasteiger partial charge in [0.2, 0.25) is 11.8 Å². The summed E-state index contributed by atoms with van der Waals surface area (Å²) in [6.07, 6.45) is 11.7. The number of nitrogens with zero attached hydrogens (tertiary/aromatic N) is 3. The summed E-state index contributed by atoms with van der Waals surface area (Å²) in [4.78, 5) is 31.7. The number of fused-ring (bicyclic) bond motifs is 1. The quantitative estimate of drug-likeness (QED) is 0.394. The summed E-state index contributed by atoms with van der Waals surface area (Å²) in [6.45, 7) is 1.76. The molecule has 1 atom stereocenters. The van der Waals surface area contributed by atoms with Crippen LogP contribution in [0.1, 0.15) is 77.2 Å². The molecule has 3 aliphatic carbocycles. The van der Waals surface area contributed by atoms with Crippen LogP contribution >= 0.6 is 11.3 Å². The lowest BCUT2D eigenvalue weighted by Gasteiger charge is -2.23. The van der Waals surface area contributed by atoms with E-state index in [1.54, 1.807) is 18.3 Å². The molecular formula is C27H30N4O3S. The van der Waals surface area contributed by atoms with Crippen molar-refractivity contribution in [3.05, 3.63) is 45.8 Å². The van der Waals surface area contributed by atoms with E-state index in [1.165, 1.54) is 23.3 Å². The SMILES string of the molecule is Cc1nnc(-c2ccc(C[C@H]3CCc4sc(NC(=O)C5CC5)c(C(=O)CCC5CC5)c4C3)cn2)o1. The maximum atomic E-state index is 13.4. The van der Waals surface area contributed by atoms with Crippen molar-refractivity contribution in [2.45, 2.75) is 71.1 Å². The molecule has 35 heavy (non-hydrogen) atoms. The first-order valence-electron chi connectivity index (χ1n) is 12.8. The highest BCUT2D eigenvalue weighted by molar-refractivity contribution is 7.17. The predicted molar refractivity (Wildman–Crippen MR) is 133 cm³/mol. The number of aromatic nitrogens is 3. The smallest absolute Gasteiger partial charge is 0.266 e. The molecule has 1 amide bonds. The average molecular weight is 491 g/mol. The lowest BCUT2D eigenvalue weighted by Crippen LogP contribution is -2.19. The molecule has 2 saturated carbocycles. The van der Waals surface area contributed by atoms with E-state index < -0.39 is 0 Å². The second-order valence-electron chi connectivity index (χ2n) is 10.4. The number of nitrogens with one attached hydrogen (secondary N) is 1. The second-order valence-corrected chi connectivity index (χ2v) is 11.5. The second kappa shape index (κ2) is 9.30. The third-order valence-corrected chi connectivity index (χ3v) is 8.60. The standard InChI is InChI=1S/C27H30N4O3S/c1-15-30-31-26(34-15)21-9-4-18(14-28-21)12-17-6-11-23-20(13-17)24(22(32)10-5-16-2-3-16)27(35-23)29-25(33)19-7-8-19/h4,9,14,16-17,19H,2-3,5-8,10-13H2,1H3,(H,29,33)/t17-/m1/s1. The Balaban J connectivity index is 1.19. The molecule has 3 aliphatic rings. The van der Waals surface area contributed by atoms with Crippen molar-refractivity contribution < 1.29 is 14.0 Å². The van der Waals surface area contributed by atoms with Crippen LogP contribution in [0.3, 0.4) is 0 Å². The highest BCUT2D eigenvalue weighted by Crippen LogP contribution is 2.43. The number of aryl methyl sites for hydroxylation is 2. The number of Topliss-reactive ketones (excluding diaryl/α,β-unsaturated/α-hetero) is 1. The van der Waals surface area contributed by atoms with Gasteiger partial charge < -0.3 is 9.73 Å². The summed E-state index contributed by atoms with van der Waals surface area (Å²) in [7, 11) is 0. The average Bonchev–Trinajstić information content (AvgIpc) is 3.78. The van der Waals surface area contributed by atoms with Crippen LogP contribution in [0.25, 0.3) is 11.6 Å². The summed E-state index contributed by atoms with van der Waals surface area (Å²) < 4.78 is 5.48. The molecule has 3 aromatic heterocycles. The molecular weight excluding hydrogens is 460 g/mol. The Labute approximate surface area is 208 Å². The van der Waals surface area contributed by atoms with Crippen molar-refractivity contribution in [1.29, 1.82) is 0 Å². The minimum atomic E-state index is 0.0824. The molecule has 182 valence electrons. The zero-order valence-electron chi connectivity index (χ0n) is 20.0. The topological polar surface area (TPSA) is 98.0 Å². The van der Waals surface area contributed by atoms with Crippen LogP contribution in [0.2, 0.25) is 0 Å². The monoisotopic (exact) mass is 490 g/mol. The van der Waals surface area contributed by atoms with Crippen LogP contribution in [0, 0.1) is 24.7 Å². The number of anilines is 1. The minimum absolute atomic E-state index is 0.0824. The summed E-state index contributed by atoms with van der Waals surface area (Å²) in [5, 5.41) is 11.8. The highest BCUT2D eigenvalue weighted by atomic mass is 32.1. The number of carbonyl (C=O) groups is 2. The number of thiophene rings is 1. The van der Waals surface area contributed by atoms with E-state index >= 15 is 0 Å². The normalized spacial score (nSPS) is 19.4. The van der Waals surface area contributed by atoms with Gasteiger partial charge in [0.15, 0.2) is 5.78 Å². The molecule has 2 fully saturated rings. The van der Waals surface area contributed by atoms with Gasteiger partial charge in [-0.05, 0) is 74.0 Å². The van der Waals surface area contributed by atoms with E-state index in [4.69, 9.17) is 4.42 Å². The van der Waals surface area contributed by atoms with Gasteiger partial charge in [-0.3, -0.25) is 14.6 Å². The van der Waals surface area contributed by atoms with Crippen LogP contribution in [0.5, 0.6) is 0 Å². The van der Waals surface area contributed by atoms with Gasteiger partial charge in [0.05, 0.1) is 5.56 Å². The summed E-state index contributed by atoms with van der Waals surface area (Å²) in [5.74, 6) is 2.54. The van der Waals surface area contributed by atoms with Crippen molar-refractivity contribution in [3.63, 3.8) is 0 Å². The molecule has 0 unspecified atom stereocenters. The summed E-state index contributed by atoms with van der Waals surface area (Å²) in [5.41, 5.74) is 3.84. The van der Waals surface area contributed by atoms with Crippen molar-refractivity contribution >= 4 is 28.0 Å². The Hall–Kier alpha value is -2.87. The third-order valence-electron chi connectivity index (χ3n) is 7.40. The van der Waals surface area contributed by atoms with Crippen molar-refractivity contribution in [2.75, 3.05) is 5.32 Å². The van der Waals surface area contributed by atoms with E-state index in [0.717, 1.165) is 67.0 Å². The van der Waals surface area contributed by atoms with Crippen LogP contribution in [-0.4, -0.2) is 26.9 Å². The third kappa shape index (κ3) is 5.08. The molecule has 0 aromatic carbocycles. The van der Waals surface area contributed by atoms with Crippen LogP contribution in [0.4, 0.5) is 5.00 Å². The van der Waals surface area contributed by atoms with Gasteiger partial charge in [-0.25, -0.2) is 0 Å². The van der Waals surface area contributed by atoms with Gasteiger partial charge in [0.25, 0.3) is 5.89 Å². The van der Waals surface area contributed by atoms with E-state index in [-0.39, 0.29) is 17.6 Å². The zero-order valence-corrected chi connectivity index (χ0v) is 20.8. The van der Waals surface area contributed by atoms with Gasteiger partial charge >= 0.3 is 0 Å². The lowest BCUT2D eigenvalue weighted by atomic mass is 9.82. The van der Waals surface area contributed by atoms with Gasteiger partial charge in [-0.1, -0.05) is 18.9 Å². The molecule has 7 nitrogen and oxygen atoms in total. The minimum Gasteiger partial charge on any atom is -0.420 e. The lowest BCUT2D eigenvalue weighted by molar-refractivity contribution is -0.117.